The van der Waals surface area contributed by atoms with Crippen molar-refractivity contribution in [3.8, 4) is 0 Å². The zero-order chi connectivity index (χ0) is 68.2. The van der Waals surface area contributed by atoms with Crippen molar-refractivity contribution in [2.24, 2.45) is 0 Å². The number of ether oxygens (including phenoxy) is 6. The number of hydrogen-bond donors (Lipinski definition) is 12. The molecule has 0 radical (unpaired) electrons. The Labute approximate surface area is 564 Å². The van der Waals surface area contributed by atoms with Crippen LogP contribution in [-0.2, 0) is 33.2 Å². The number of rotatable bonds is 54. The lowest BCUT2D eigenvalue weighted by Gasteiger charge is -2.48. The van der Waals surface area contributed by atoms with E-state index in [1.807, 2.05) is 6.08 Å². The summed E-state index contributed by atoms with van der Waals surface area (Å²) in [5.74, 6) is -0.290. The van der Waals surface area contributed by atoms with Gasteiger partial charge in [-0.05, 0) is 89.9 Å². The van der Waals surface area contributed by atoms with Crippen LogP contribution in [0.25, 0.3) is 0 Å². The van der Waals surface area contributed by atoms with E-state index >= 15 is 0 Å². The zero-order valence-electron chi connectivity index (χ0n) is 57.1. The summed E-state index contributed by atoms with van der Waals surface area (Å²) in [6, 6.07) is -0.993. The van der Waals surface area contributed by atoms with Gasteiger partial charge in [-0.25, -0.2) is 0 Å². The summed E-state index contributed by atoms with van der Waals surface area (Å²) in [6.07, 6.45) is 48.3. The summed E-state index contributed by atoms with van der Waals surface area (Å²) in [5.41, 5.74) is 0. The number of hydrogen-bond acceptors (Lipinski definition) is 18. The highest BCUT2D eigenvalue weighted by atomic mass is 16.8. The van der Waals surface area contributed by atoms with Crippen molar-refractivity contribution in [2.75, 3.05) is 26.4 Å². The van der Waals surface area contributed by atoms with Crippen LogP contribution in [0.3, 0.4) is 0 Å². The summed E-state index contributed by atoms with van der Waals surface area (Å²) in [7, 11) is 0. The summed E-state index contributed by atoms with van der Waals surface area (Å²) in [4.78, 5) is 13.4. The first-order valence-electron chi connectivity index (χ1n) is 36.1. The molecule has 0 aromatic carbocycles. The Morgan fingerprint density at radius 3 is 1.19 bits per heavy atom. The van der Waals surface area contributed by atoms with E-state index < -0.39 is 124 Å². The summed E-state index contributed by atoms with van der Waals surface area (Å²) < 4.78 is 34.2. The smallest absolute Gasteiger partial charge is 0.220 e. The van der Waals surface area contributed by atoms with Crippen LogP contribution in [-0.4, -0.2) is 193 Å². The van der Waals surface area contributed by atoms with E-state index in [1.165, 1.54) is 109 Å². The summed E-state index contributed by atoms with van der Waals surface area (Å²) in [5, 5.41) is 120. The van der Waals surface area contributed by atoms with Crippen LogP contribution in [0.15, 0.2) is 109 Å². The van der Waals surface area contributed by atoms with Crippen molar-refractivity contribution in [3.05, 3.63) is 109 Å². The van der Waals surface area contributed by atoms with Crippen LogP contribution < -0.4 is 5.32 Å². The van der Waals surface area contributed by atoms with E-state index in [0.29, 0.717) is 12.8 Å². The molecule has 3 aliphatic rings. The second kappa shape index (κ2) is 55.3. The molecule has 1 amide bonds. The van der Waals surface area contributed by atoms with Gasteiger partial charge in [-0.3, -0.25) is 4.79 Å². The molecular formula is C75H127NO18. The summed E-state index contributed by atoms with van der Waals surface area (Å²) >= 11 is 0. The van der Waals surface area contributed by atoms with Gasteiger partial charge in [-0.15, -0.1) is 0 Å². The number of aliphatic hydroxyl groups excluding tert-OH is 11. The van der Waals surface area contributed by atoms with E-state index in [9.17, 15) is 61.0 Å². The Balaban J connectivity index is 1.29. The molecule has 17 unspecified atom stereocenters. The topological polar surface area (TPSA) is 307 Å². The normalized spacial score (nSPS) is 28.0. The maximum absolute atomic E-state index is 13.4. The Kier molecular flexibility index (Phi) is 49.9. The third-order valence-electron chi connectivity index (χ3n) is 17.3. The zero-order valence-corrected chi connectivity index (χ0v) is 57.1. The van der Waals surface area contributed by atoms with Gasteiger partial charge in [-0.1, -0.05) is 239 Å². The first-order chi connectivity index (χ1) is 45.8. The van der Waals surface area contributed by atoms with Crippen LogP contribution >= 0.6 is 0 Å². The molecular weight excluding hydrogens is 1200 g/mol. The minimum absolute atomic E-state index is 0.231. The van der Waals surface area contributed by atoms with E-state index in [2.05, 4.69) is 116 Å². The molecule has 0 aromatic heterocycles. The molecule has 3 aliphatic heterocycles. The van der Waals surface area contributed by atoms with Crippen LogP contribution in [0.1, 0.15) is 226 Å². The highest BCUT2D eigenvalue weighted by molar-refractivity contribution is 5.76. The fourth-order valence-electron chi connectivity index (χ4n) is 11.5. The molecule has 3 saturated heterocycles. The largest absolute Gasteiger partial charge is 0.394 e. The molecule has 3 rings (SSSR count). The predicted molar refractivity (Wildman–Crippen MR) is 369 cm³/mol. The van der Waals surface area contributed by atoms with Gasteiger partial charge in [0.15, 0.2) is 18.9 Å². The Bertz CT molecular complexity index is 2130. The van der Waals surface area contributed by atoms with Gasteiger partial charge in [-0.2, -0.15) is 0 Å². The lowest BCUT2D eigenvalue weighted by Crippen LogP contribution is -2.66. The van der Waals surface area contributed by atoms with E-state index in [-0.39, 0.29) is 18.9 Å². The first-order valence-corrected chi connectivity index (χ1v) is 36.1. The SMILES string of the molecule is CC/C=C\C/C=C\C/C=C\C/C=C\C/C=C\C/C=C\C/C=C\CCCCCCCCCCCCCCCCCCCC(=O)NC(COC1OC(CO)C(OC2OC(CO)C(OC3OC(CO)C(O)C(O)C3O)C(O)C2O)C(O)C1O)C(O)/C=C/CC/C=C/CCCCCC. The number of unbranched alkanes of at least 4 members (excludes halogenated alkanes) is 22. The molecule has 3 heterocycles. The fourth-order valence-corrected chi connectivity index (χ4v) is 11.5. The molecule has 94 heavy (non-hydrogen) atoms. The van der Waals surface area contributed by atoms with E-state index in [0.717, 1.165) is 83.5 Å². The van der Waals surface area contributed by atoms with E-state index in [1.54, 1.807) is 6.08 Å². The highest BCUT2D eigenvalue weighted by Gasteiger charge is 2.53. The number of allylic oxidation sites excluding steroid dienone is 17. The fraction of sp³-hybridized carbons (Fsp3) is 0.747. The number of nitrogens with one attached hydrogen (secondary N) is 1. The third-order valence-corrected chi connectivity index (χ3v) is 17.3. The molecule has 19 heteroatoms. The van der Waals surface area contributed by atoms with Gasteiger partial charge in [0.25, 0.3) is 0 Å². The lowest BCUT2D eigenvalue weighted by atomic mass is 9.96. The number of aliphatic hydroxyl groups is 11. The van der Waals surface area contributed by atoms with Crippen LogP contribution in [0, 0.1) is 0 Å². The maximum Gasteiger partial charge on any atom is 0.220 e. The molecule has 0 aliphatic carbocycles. The van der Waals surface area contributed by atoms with Gasteiger partial charge in [0.1, 0.15) is 73.2 Å². The van der Waals surface area contributed by atoms with Crippen molar-refractivity contribution in [1.29, 1.82) is 0 Å². The minimum atomic E-state index is -1.98. The van der Waals surface area contributed by atoms with Gasteiger partial charge in [0, 0.05) is 6.42 Å². The maximum atomic E-state index is 13.4. The lowest BCUT2D eigenvalue weighted by molar-refractivity contribution is -0.379. The molecule has 0 bridgehead atoms. The molecule has 17 atom stereocenters. The second-order valence-corrected chi connectivity index (χ2v) is 25.3. The van der Waals surface area contributed by atoms with Crippen molar-refractivity contribution in [2.45, 2.75) is 330 Å². The number of carbonyl (C=O) groups is 1. The molecule has 0 saturated carbocycles. The predicted octanol–water partition coefficient (Wildman–Crippen LogP) is 10.2. The van der Waals surface area contributed by atoms with Crippen molar-refractivity contribution >= 4 is 5.91 Å². The van der Waals surface area contributed by atoms with Gasteiger partial charge in [0.05, 0.1) is 38.6 Å². The van der Waals surface area contributed by atoms with Gasteiger partial charge < -0.3 is 89.9 Å². The molecule has 540 valence electrons. The van der Waals surface area contributed by atoms with E-state index in [4.69, 9.17) is 28.4 Å². The monoisotopic (exact) mass is 1330 g/mol. The Morgan fingerprint density at radius 2 is 0.745 bits per heavy atom. The standard InChI is InChI=1S/C75H127NO18/c1-3-5-7-9-11-13-15-16-17-18-19-20-21-22-23-24-25-26-27-28-29-30-31-32-33-34-35-36-37-38-39-40-41-42-43-45-47-49-51-53-63(81)76-58(59(80)52-50-48-46-44-14-12-10-8-6-4-2)57-89-73-69(87)66(84)71(61(55-78)91-73)94-75-70(88)67(85)72(62(56-79)92-75)93-74-68(86)65(83)64(82)60(54-77)90-74/h5,7,11,13-14,16-17,19-20,22-23,25-26,28-29,44,50,52,58-62,64-75,77-80,82-88H,3-4,6,8-10,12,15,18,21,24,27,30-43,45-49,51,53-57H2,1-2H3,(H,76,81)/b7-5-,13-11-,17-16-,20-19-,23-22-,26-25-,29-28-,44-14+,52-50+. The van der Waals surface area contributed by atoms with Crippen molar-refractivity contribution in [1.82, 2.24) is 5.32 Å². The Morgan fingerprint density at radius 1 is 0.394 bits per heavy atom. The average molecular weight is 1330 g/mol. The van der Waals surface area contributed by atoms with Crippen molar-refractivity contribution in [3.63, 3.8) is 0 Å². The highest BCUT2D eigenvalue weighted by Crippen LogP contribution is 2.33. The molecule has 19 nitrogen and oxygen atoms in total. The minimum Gasteiger partial charge on any atom is -0.394 e. The number of amides is 1. The molecule has 0 aromatic rings. The van der Waals surface area contributed by atoms with Crippen molar-refractivity contribution < 1.29 is 89.4 Å². The first kappa shape index (κ1) is 84.7. The summed E-state index contributed by atoms with van der Waals surface area (Å²) in [6.45, 7) is 1.54. The van der Waals surface area contributed by atoms with Crippen LogP contribution in [0.2, 0.25) is 0 Å². The second-order valence-electron chi connectivity index (χ2n) is 25.3. The van der Waals surface area contributed by atoms with Crippen LogP contribution in [0.5, 0.6) is 0 Å². The third kappa shape index (κ3) is 36.3. The molecule has 3 fully saturated rings. The van der Waals surface area contributed by atoms with Crippen LogP contribution in [0.4, 0.5) is 0 Å². The molecule has 0 spiro atoms. The number of carbonyl (C=O) groups excluding carboxylic acids is 1. The quantitative estimate of drug-likeness (QED) is 0.0199. The van der Waals surface area contributed by atoms with Gasteiger partial charge >= 0.3 is 0 Å². The Hall–Kier alpha value is -3.55. The molecule has 12 N–H and O–H groups in total. The van der Waals surface area contributed by atoms with Gasteiger partial charge in [0.2, 0.25) is 5.91 Å². The average Bonchev–Trinajstić information content (AvgIpc) is 0.788.